The van der Waals surface area contributed by atoms with E-state index in [1.807, 2.05) is 6.07 Å². The lowest BCUT2D eigenvalue weighted by Crippen LogP contribution is -2.24. The summed E-state index contributed by atoms with van der Waals surface area (Å²) >= 11 is 0. The van der Waals surface area contributed by atoms with Crippen LogP contribution in [-0.2, 0) is 11.2 Å². The van der Waals surface area contributed by atoms with Crippen LogP contribution in [0.3, 0.4) is 0 Å². The summed E-state index contributed by atoms with van der Waals surface area (Å²) in [7, 11) is 0. The third-order valence-corrected chi connectivity index (χ3v) is 3.48. The van der Waals surface area contributed by atoms with Gasteiger partial charge >= 0.3 is 0 Å². The third kappa shape index (κ3) is 3.69. The zero-order valence-electron chi connectivity index (χ0n) is 12.2. The molecule has 0 atom stereocenters. The predicted octanol–water partition coefficient (Wildman–Crippen LogP) is 3.47. The summed E-state index contributed by atoms with van der Waals surface area (Å²) < 4.78 is 26.7. The average Bonchev–Trinajstić information content (AvgIpc) is 2.88. The predicted molar refractivity (Wildman–Crippen MR) is 84.7 cm³/mol. The van der Waals surface area contributed by atoms with Gasteiger partial charge in [0.05, 0.1) is 0 Å². The van der Waals surface area contributed by atoms with Gasteiger partial charge in [-0.2, -0.15) is 0 Å². The first-order valence-electron chi connectivity index (χ1n) is 7.21. The Hall–Kier alpha value is -2.82. The Morgan fingerprint density at radius 2 is 1.87 bits per heavy atom. The Kier molecular flexibility index (Phi) is 4.28. The number of halogens is 2. The number of aliphatic imine (C=N–C) groups is 1. The van der Waals surface area contributed by atoms with Crippen LogP contribution in [-0.4, -0.2) is 11.7 Å². The topological polar surface area (TPSA) is 41.5 Å². The van der Waals surface area contributed by atoms with Gasteiger partial charge in [0, 0.05) is 12.0 Å². The molecule has 0 aliphatic carbocycles. The zero-order chi connectivity index (χ0) is 16.2. The van der Waals surface area contributed by atoms with Crippen LogP contribution in [0, 0.1) is 11.6 Å². The number of carbonyl (C=O) groups excluding carboxylic acids is 1. The van der Waals surface area contributed by atoms with E-state index in [0.717, 1.165) is 5.56 Å². The highest BCUT2D eigenvalue weighted by Crippen LogP contribution is 2.16. The molecule has 5 heteroatoms. The maximum Gasteiger partial charge on any atom is 0.275 e. The van der Waals surface area contributed by atoms with Crippen LogP contribution in [0.25, 0.3) is 6.08 Å². The fourth-order valence-corrected chi connectivity index (χ4v) is 2.33. The van der Waals surface area contributed by atoms with Crippen LogP contribution in [0.5, 0.6) is 0 Å². The highest BCUT2D eigenvalue weighted by Gasteiger charge is 2.20. The van der Waals surface area contributed by atoms with Crippen molar-refractivity contribution in [3.8, 4) is 0 Å². The average molecular weight is 312 g/mol. The highest BCUT2D eigenvalue weighted by atomic mass is 19.1. The minimum absolute atomic E-state index is 0.171. The molecule has 3 nitrogen and oxygen atoms in total. The van der Waals surface area contributed by atoms with Crippen molar-refractivity contribution >= 4 is 17.8 Å². The normalized spacial score (nSPS) is 15.7. The monoisotopic (exact) mass is 312 g/mol. The van der Waals surface area contributed by atoms with Crippen LogP contribution in [0.15, 0.2) is 59.2 Å². The van der Waals surface area contributed by atoms with Crippen molar-refractivity contribution in [3.05, 3.63) is 77.0 Å². The van der Waals surface area contributed by atoms with Gasteiger partial charge in [0.15, 0.2) is 0 Å². The largest absolute Gasteiger partial charge is 0.309 e. The highest BCUT2D eigenvalue weighted by molar-refractivity contribution is 6.14. The fourth-order valence-electron chi connectivity index (χ4n) is 2.33. The van der Waals surface area contributed by atoms with E-state index in [0.29, 0.717) is 24.2 Å². The second-order valence-corrected chi connectivity index (χ2v) is 5.19. The molecule has 1 aliphatic heterocycles. The van der Waals surface area contributed by atoms with Crippen molar-refractivity contribution in [2.75, 3.05) is 0 Å². The lowest BCUT2D eigenvalue weighted by molar-refractivity contribution is -0.115. The summed E-state index contributed by atoms with van der Waals surface area (Å²) in [4.78, 5) is 16.1. The molecule has 0 saturated carbocycles. The SMILES string of the molecule is O=C1NC(CCc2cccc(F)c2)=N/C1=C\c1ccccc1F. The van der Waals surface area contributed by atoms with Crippen molar-refractivity contribution in [3.63, 3.8) is 0 Å². The first-order chi connectivity index (χ1) is 11.1. The Labute approximate surface area is 132 Å². The molecule has 0 fully saturated rings. The number of nitrogens with zero attached hydrogens (tertiary/aromatic N) is 1. The Morgan fingerprint density at radius 1 is 1.04 bits per heavy atom. The number of amidine groups is 1. The quantitative estimate of drug-likeness (QED) is 0.863. The standard InChI is InChI=1S/C18H14F2N2O/c19-14-6-3-4-12(10-14)8-9-17-21-16(18(23)22-17)11-13-5-1-2-7-15(13)20/h1-7,10-11H,8-9H2,(H,21,22,23)/b16-11-. The van der Waals surface area contributed by atoms with Crippen molar-refractivity contribution in [2.24, 2.45) is 4.99 Å². The summed E-state index contributed by atoms with van der Waals surface area (Å²) in [6.07, 6.45) is 2.45. The molecule has 2 aromatic carbocycles. The summed E-state index contributed by atoms with van der Waals surface area (Å²) in [6.45, 7) is 0. The van der Waals surface area contributed by atoms with E-state index in [-0.39, 0.29) is 17.4 Å². The minimum atomic E-state index is -0.406. The van der Waals surface area contributed by atoms with E-state index in [4.69, 9.17) is 0 Å². The molecule has 0 spiro atoms. The second-order valence-electron chi connectivity index (χ2n) is 5.19. The van der Waals surface area contributed by atoms with Crippen LogP contribution in [0.2, 0.25) is 0 Å². The number of nitrogens with one attached hydrogen (secondary N) is 1. The van der Waals surface area contributed by atoms with Gasteiger partial charge in [-0.1, -0.05) is 30.3 Å². The lowest BCUT2D eigenvalue weighted by atomic mass is 10.1. The fraction of sp³-hybridized carbons (Fsp3) is 0.111. The van der Waals surface area contributed by atoms with Crippen LogP contribution >= 0.6 is 0 Å². The van der Waals surface area contributed by atoms with Crippen LogP contribution in [0.1, 0.15) is 17.5 Å². The third-order valence-electron chi connectivity index (χ3n) is 3.48. The van der Waals surface area contributed by atoms with E-state index >= 15 is 0 Å². The molecule has 1 aliphatic rings. The molecule has 1 amide bonds. The van der Waals surface area contributed by atoms with Crippen molar-refractivity contribution in [1.82, 2.24) is 5.32 Å². The maximum atomic E-state index is 13.6. The van der Waals surface area contributed by atoms with Crippen LogP contribution in [0.4, 0.5) is 8.78 Å². The molecule has 0 aromatic heterocycles. The summed E-state index contributed by atoms with van der Waals surface area (Å²) in [5, 5.41) is 2.66. The van der Waals surface area contributed by atoms with E-state index < -0.39 is 5.82 Å². The molecule has 0 radical (unpaired) electrons. The maximum absolute atomic E-state index is 13.6. The number of amides is 1. The number of rotatable bonds is 4. The number of aryl methyl sites for hydroxylation is 1. The molecule has 0 unspecified atom stereocenters. The second kappa shape index (κ2) is 6.52. The Morgan fingerprint density at radius 3 is 2.65 bits per heavy atom. The molecule has 1 heterocycles. The number of benzene rings is 2. The van der Waals surface area contributed by atoms with Gasteiger partial charge in [-0.15, -0.1) is 0 Å². The van der Waals surface area contributed by atoms with E-state index in [1.165, 1.54) is 24.3 Å². The van der Waals surface area contributed by atoms with Gasteiger partial charge in [0.2, 0.25) is 0 Å². The van der Waals surface area contributed by atoms with Gasteiger partial charge in [0.25, 0.3) is 5.91 Å². The van der Waals surface area contributed by atoms with Crippen molar-refractivity contribution in [2.45, 2.75) is 12.8 Å². The molecule has 23 heavy (non-hydrogen) atoms. The number of carbonyl (C=O) groups is 1. The van der Waals surface area contributed by atoms with Crippen molar-refractivity contribution in [1.29, 1.82) is 0 Å². The molecular formula is C18H14F2N2O. The van der Waals surface area contributed by atoms with Gasteiger partial charge in [-0.05, 0) is 36.3 Å². The molecule has 3 rings (SSSR count). The molecule has 116 valence electrons. The number of hydrogen-bond donors (Lipinski definition) is 1. The van der Waals surface area contributed by atoms with E-state index in [2.05, 4.69) is 10.3 Å². The van der Waals surface area contributed by atoms with Gasteiger partial charge in [-0.3, -0.25) is 4.79 Å². The first kappa shape index (κ1) is 15.1. The molecular weight excluding hydrogens is 298 g/mol. The molecule has 0 saturated heterocycles. The summed E-state index contributed by atoms with van der Waals surface area (Å²) in [5.41, 5.74) is 1.31. The Balaban J connectivity index is 1.73. The smallest absolute Gasteiger partial charge is 0.275 e. The van der Waals surface area contributed by atoms with Gasteiger partial charge in [-0.25, -0.2) is 13.8 Å². The molecule has 0 bridgehead atoms. The molecule has 1 N–H and O–H groups in total. The number of hydrogen-bond acceptors (Lipinski definition) is 2. The van der Waals surface area contributed by atoms with E-state index in [1.54, 1.807) is 24.3 Å². The molecule has 2 aromatic rings. The minimum Gasteiger partial charge on any atom is -0.309 e. The Bertz CT molecular complexity index is 812. The van der Waals surface area contributed by atoms with Crippen LogP contribution < -0.4 is 5.32 Å². The van der Waals surface area contributed by atoms with Crippen molar-refractivity contribution < 1.29 is 13.6 Å². The first-order valence-corrected chi connectivity index (χ1v) is 7.21. The lowest BCUT2D eigenvalue weighted by Gasteiger charge is -2.01. The zero-order valence-corrected chi connectivity index (χ0v) is 12.2. The van der Waals surface area contributed by atoms with Gasteiger partial charge < -0.3 is 5.32 Å². The van der Waals surface area contributed by atoms with Gasteiger partial charge in [0.1, 0.15) is 23.2 Å². The summed E-state index contributed by atoms with van der Waals surface area (Å²) in [5.74, 6) is -0.555. The summed E-state index contributed by atoms with van der Waals surface area (Å²) in [6, 6.07) is 12.5. The van der Waals surface area contributed by atoms with E-state index in [9.17, 15) is 13.6 Å².